The van der Waals surface area contributed by atoms with Gasteiger partial charge in [0, 0.05) is 10.1 Å². The van der Waals surface area contributed by atoms with Crippen molar-refractivity contribution in [2.45, 2.75) is 30.4 Å². The number of hydrogen-bond donors (Lipinski definition) is 1. The molecule has 20 heavy (non-hydrogen) atoms. The van der Waals surface area contributed by atoms with E-state index in [1.54, 1.807) is 0 Å². The van der Waals surface area contributed by atoms with Crippen LogP contribution in [0.3, 0.4) is 0 Å². The molecule has 0 fully saturated rings. The molecule has 1 N–H and O–H groups in total. The van der Waals surface area contributed by atoms with E-state index in [4.69, 9.17) is 0 Å². The molecule has 0 aliphatic rings. The standard InChI is InChI=1S/C18H23NS/c1-14-9-10-15(2)18(13-14)20-17(11-12-19-3)16-7-5-4-6-8-16/h4-10,13,17,19H,11-12H2,1-3H3. The maximum Gasteiger partial charge on any atom is 0.0356 e. The fourth-order valence-electron chi connectivity index (χ4n) is 2.22. The van der Waals surface area contributed by atoms with Crippen molar-refractivity contribution in [1.29, 1.82) is 0 Å². The van der Waals surface area contributed by atoms with Crippen molar-refractivity contribution in [2.75, 3.05) is 13.6 Å². The lowest BCUT2D eigenvalue weighted by molar-refractivity contribution is 0.714. The molecule has 1 atom stereocenters. The second-order valence-corrected chi connectivity index (χ2v) is 6.42. The number of hydrogen-bond acceptors (Lipinski definition) is 2. The minimum atomic E-state index is 0.504. The number of aryl methyl sites for hydroxylation is 2. The molecular weight excluding hydrogens is 262 g/mol. The summed E-state index contributed by atoms with van der Waals surface area (Å²) in [4.78, 5) is 1.40. The molecule has 2 aromatic rings. The largest absolute Gasteiger partial charge is 0.320 e. The highest BCUT2D eigenvalue weighted by Gasteiger charge is 2.13. The predicted molar refractivity (Wildman–Crippen MR) is 89.5 cm³/mol. The summed E-state index contributed by atoms with van der Waals surface area (Å²) < 4.78 is 0. The third kappa shape index (κ3) is 4.12. The SMILES string of the molecule is CNCCC(Sc1cc(C)ccc1C)c1ccccc1. The van der Waals surface area contributed by atoms with Crippen molar-refractivity contribution in [3.05, 3.63) is 65.2 Å². The Hall–Kier alpha value is -1.25. The lowest BCUT2D eigenvalue weighted by Gasteiger charge is -2.18. The van der Waals surface area contributed by atoms with Crippen molar-refractivity contribution in [3.8, 4) is 0 Å². The van der Waals surface area contributed by atoms with E-state index in [0.29, 0.717) is 5.25 Å². The zero-order chi connectivity index (χ0) is 14.4. The van der Waals surface area contributed by atoms with Gasteiger partial charge in [-0.1, -0.05) is 48.0 Å². The van der Waals surface area contributed by atoms with Gasteiger partial charge in [0.05, 0.1) is 0 Å². The summed E-state index contributed by atoms with van der Waals surface area (Å²) in [5, 5.41) is 3.77. The Kier molecular flexibility index (Phi) is 5.69. The average molecular weight is 285 g/mol. The molecule has 0 saturated heterocycles. The van der Waals surface area contributed by atoms with Gasteiger partial charge in [-0.25, -0.2) is 0 Å². The van der Waals surface area contributed by atoms with Gasteiger partial charge < -0.3 is 5.32 Å². The summed E-state index contributed by atoms with van der Waals surface area (Å²) in [6, 6.07) is 17.5. The molecule has 0 radical (unpaired) electrons. The van der Waals surface area contributed by atoms with E-state index < -0.39 is 0 Å². The molecule has 1 nitrogen and oxygen atoms in total. The second kappa shape index (κ2) is 7.51. The lowest BCUT2D eigenvalue weighted by atomic mass is 10.1. The summed E-state index contributed by atoms with van der Waals surface area (Å²) in [5.74, 6) is 0. The van der Waals surface area contributed by atoms with Crippen LogP contribution in [0, 0.1) is 13.8 Å². The molecule has 0 bridgehead atoms. The predicted octanol–water partition coefficient (Wildman–Crippen LogP) is 4.75. The van der Waals surface area contributed by atoms with Crippen LogP contribution in [-0.4, -0.2) is 13.6 Å². The van der Waals surface area contributed by atoms with E-state index in [2.05, 4.69) is 67.7 Å². The van der Waals surface area contributed by atoms with Crippen molar-refractivity contribution in [1.82, 2.24) is 5.32 Å². The summed E-state index contributed by atoms with van der Waals surface area (Å²) in [5.41, 5.74) is 4.11. The Labute approximate surface area is 126 Å². The molecule has 0 aromatic heterocycles. The van der Waals surface area contributed by atoms with Crippen LogP contribution >= 0.6 is 11.8 Å². The van der Waals surface area contributed by atoms with Crippen molar-refractivity contribution < 1.29 is 0 Å². The molecule has 2 heteroatoms. The Bertz CT molecular complexity index is 536. The van der Waals surface area contributed by atoms with Gasteiger partial charge in [0.1, 0.15) is 0 Å². The van der Waals surface area contributed by atoms with Gasteiger partial charge >= 0.3 is 0 Å². The first kappa shape index (κ1) is 15.1. The topological polar surface area (TPSA) is 12.0 Å². The Morgan fingerprint density at radius 2 is 1.80 bits per heavy atom. The molecule has 0 amide bonds. The summed E-state index contributed by atoms with van der Waals surface area (Å²) in [7, 11) is 2.02. The maximum absolute atomic E-state index is 3.27. The van der Waals surface area contributed by atoms with Crippen LogP contribution in [0.4, 0.5) is 0 Å². The van der Waals surface area contributed by atoms with Gasteiger partial charge in [-0.05, 0) is 51.1 Å². The first-order valence-electron chi connectivity index (χ1n) is 7.14. The van der Waals surface area contributed by atoms with E-state index in [0.717, 1.165) is 13.0 Å². The molecule has 2 aromatic carbocycles. The minimum absolute atomic E-state index is 0.504. The average Bonchev–Trinajstić information content (AvgIpc) is 2.48. The van der Waals surface area contributed by atoms with Crippen LogP contribution in [0.5, 0.6) is 0 Å². The Morgan fingerprint density at radius 1 is 1.05 bits per heavy atom. The lowest BCUT2D eigenvalue weighted by Crippen LogP contribution is -2.10. The summed E-state index contributed by atoms with van der Waals surface area (Å²) in [6.07, 6.45) is 1.14. The third-order valence-electron chi connectivity index (χ3n) is 3.44. The minimum Gasteiger partial charge on any atom is -0.320 e. The number of thioether (sulfide) groups is 1. The molecule has 0 spiro atoms. The van der Waals surface area contributed by atoms with E-state index >= 15 is 0 Å². The number of nitrogens with one attached hydrogen (secondary N) is 1. The molecule has 2 rings (SSSR count). The Balaban J connectivity index is 2.21. The highest BCUT2D eigenvalue weighted by atomic mass is 32.2. The van der Waals surface area contributed by atoms with Gasteiger partial charge in [0.25, 0.3) is 0 Å². The van der Waals surface area contributed by atoms with E-state index in [1.807, 2.05) is 18.8 Å². The van der Waals surface area contributed by atoms with Crippen LogP contribution in [0.15, 0.2) is 53.4 Å². The monoisotopic (exact) mass is 285 g/mol. The number of benzene rings is 2. The van der Waals surface area contributed by atoms with E-state index in [1.165, 1.54) is 21.6 Å². The van der Waals surface area contributed by atoms with Gasteiger partial charge in [-0.15, -0.1) is 11.8 Å². The normalized spacial score (nSPS) is 12.3. The zero-order valence-electron chi connectivity index (χ0n) is 12.5. The molecule has 0 aliphatic heterocycles. The summed E-state index contributed by atoms with van der Waals surface area (Å²) in [6.45, 7) is 5.40. The van der Waals surface area contributed by atoms with Gasteiger partial charge in [0.2, 0.25) is 0 Å². The van der Waals surface area contributed by atoms with Crippen LogP contribution in [0.2, 0.25) is 0 Å². The molecule has 0 saturated carbocycles. The highest BCUT2D eigenvalue weighted by molar-refractivity contribution is 7.99. The third-order valence-corrected chi connectivity index (χ3v) is 4.93. The number of rotatable bonds is 6. The van der Waals surface area contributed by atoms with Crippen LogP contribution in [0.25, 0.3) is 0 Å². The van der Waals surface area contributed by atoms with Crippen molar-refractivity contribution in [2.24, 2.45) is 0 Å². The van der Waals surface area contributed by atoms with Gasteiger partial charge in [-0.2, -0.15) is 0 Å². The molecular formula is C18H23NS. The second-order valence-electron chi connectivity index (χ2n) is 5.18. The van der Waals surface area contributed by atoms with Crippen LogP contribution in [0.1, 0.15) is 28.4 Å². The first-order chi connectivity index (χ1) is 9.70. The van der Waals surface area contributed by atoms with Crippen LogP contribution in [-0.2, 0) is 0 Å². The van der Waals surface area contributed by atoms with E-state index in [9.17, 15) is 0 Å². The van der Waals surface area contributed by atoms with Crippen molar-refractivity contribution >= 4 is 11.8 Å². The molecule has 106 valence electrons. The quantitative estimate of drug-likeness (QED) is 0.769. The molecule has 1 unspecified atom stereocenters. The first-order valence-corrected chi connectivity index (χ1v) is 8.02. The van der Waals surface area contributed by atoms with Crippen molar-refractivity contribution in [3.63, 3.8) is 0 Å². The van der Waals surface area contributed by atoms with Crippen LogP contribution < -0.4 is 5.32 Å². The molecule has 0 aliphatic carbocycles. The van der Waals surface area contributed by atoms with Gasteiger partial charge in [0.15, 0.2) is 0 Å². The molecule has 0 heterocycles. The fraction of sp³-hybridized carbons (Fsp3) is 0.333. The Morgan fingerprint density at radius 3 is 2.50 bits per heavy atom. The highest BCUT2D eigenvalue weighted by Crippen LogP contribution is 2.39. The zero-order valence-corrected chi connectivity index (χ0v) is 13.3. The van der Waals surface area contributed by atoms with Gasteiger partial charge in [-0.3, -0.25) is 0 Å². The van der Waals surface area contributed by atoms with E-state index in [-0.39, 0.29) is 0 Å². The fourth-order valence-corrected chi connectivity index (χ4v) is 3.57. The summed E-state index contributed by atoms with van der Waals surface area (Å²) >= 11 is 1.98. The smallest absolute Gasteiger partial charge is 0.0356 e. The maximum atomic E-state index is 3.27.